The lowest BCUT2D eigenvalue weighted by Crippen LogP contribution is -2.68. The van der Waals surface area contributed by atoms with Crippen molar-refractivity contribution in [1.82, 2.24) is 9.97 Å². The Kier molecular flexibility index (Phi) is 8.64. The summed E-state index contributed by atoms with van der Waals surface area (Å²) in [5.74, 6) is 0.906. The van der Waals surface area contributed by atoms with E-state index in [1.807, 2.05) is 24.3 Å². The number of benzene rings is 3. The van der Waals surface area contributed by atoms with Crippen LogP contribution in [0.1, 0.15) is 33.4 Å². The fourth-order valence-electron chi connectivity index (χ4n) is 6.20. The first-order chi connectivity index (χ1) is 21.2. The van der Waals surface area contributed by atoms with E-state index >= 15 is 0 Å². The maximum Gasteiger partial charge on any atom is 0.303 e. The minimum Gasteiger partial charge on any atom is -0.485 e. The minimum absolute atomic E-state index is 0.108. The third-order valence-electron chi connectivity index (χ3n) is 8.24. The molecule has 2 fully saturated rings. The first-order valence-corrected chi connectivity index (χ1v) is 16.9. The van der Waals surface area contributed by atoms with Crippen molar-refractivity contribution in [2.45, 2.75) is 63.8 Å². The highest BCUT2D eigenvalue weighted by Gasteiger charge is 2.56. The van der Waals surface area contributed by atoms with E-state index in [0.29, 0.717) is 30.5 Å². The van der Waals surface area contributed by atoms with Crippen LogP contribution in [0.25, 0.3) is 11.4 Å². The topological polar surface area (TPSA) is 89.0 Å². The molecule has 0 spiro atoms. The van der Waals surface area contributed by atoms with Gasteiger partial charge in [0.2, 0.25) is 0 Å². The van der Waals surface area contributed by atoms with Crippen LogP contribution in [0.4, 0.5) is 0 Å². The second kappa shape index (κ2) is 12.6. The molecule has 0 saturated carbocycles. The van der Waals surface area contributed by atoms with Gasteiger partial charge in [0, 0.05) is 18.7 Å². The van der Waals surface area contributed by atoms with E-state index < -0.39 is 8.32 Å². The van der Waals surface area contributed by atoms with Crippen LogP contribution in [-0.4, -0.2) is 61.9 Å². The van der Waals surface area contributed by atoms with E-state index in [9.17, 15) is 4.79 Å². The third-order valence-corrected chi connectivity index (χ3v) is 13.3. The number of aromatic nitrogens is 2. The van der Waals surface area contributed by atoms with Crippen molar-refractivity contribution >= 4 is 24.7 Å². The second-order valence-electron chi connectivity index (χ2n) is 12.2. The maximum absolute atomic E-state index is 11.2. The zero-order valence-corrected chi connectivity index (χ0v) is 26.5. The molecule has 44 heavy (non-hydrogen) atoms. The van der Waals surface area contributed by atoms with Crippen molar-refractivity contribution in [3.05, 3.63) is 103 Å². The summed E-state index contributed by atoms with van der Waals surface area (Å²) in [6.07, 6.45) is 0.707. The van der Waals surface area contributed by atoms with Crippen LogP contribution >= 0.6 is 0 Å². The maximum atomic E-state index is 11.2. The molecular formula is C35H38N2O6Si. The molecule has 0 unspecified atom stereocenters. The molecule has 0 radical (unpaired) electrons. The lowest BCUT2D eigenvalue weighted by atomic mass is 10.1. The molecule has 6 rings (SSSR count). The Labute approximate surface area is 259 Å². The average molecular weight is 611 g/mol. The molecule has 2 saturated heterocycles. The van der Waals surface area contributed by atoms with Crippen LogP contribution in [0.3, 0.4) is 0 Å². The number of carbonyl (C=O) groups is 1. The summed E-state index contributed by atoms with van der Waals surface area (Å²) in [5.41, 5.74) is 1.46. The van der Waals surface area contributed by atoms with Gasteiger partial charge >= 0.3 is 5.97 Å². The number of hydrogen-bond donors (Lipinski definition) is 0. The van der Waals surface area contributed by atoms with Crippen molar-refractivity contribution in [1.29, 1.82) is 0 Å². The molecule has 0 bridgehead atoms. The molecule has 1 aromatic heterocycles. The Hall–Kier alpha value is -3.89. The SMILES string of the molecule is CC(=O)OCc1ccnc(-c2ccc(O[C@H]3CO[C@H]4[C@@H]3OC[C@H]4O[Si](c3ccccc3)(c3ccccc3)C(C)(C)C)cc2)n1. The van der Waals surface area contributed by atoms with Crippen molar-refractivity contribution in [2.75, 3.05) is 13.2 Å². The van der Waals surface area contributed by atoms with Gasteiger partial charge in [-0.1, -0.05) is 81.4 Å². The smallest absolute Gasteiger partial charge is 0.303 e. The van der Waals surface area contributed by atoms with Gasteiger partial charge in [-0.3, -0.25) is 4.79 Å². The van der Waals surface area contributed by atoms with Crippen LogP contribution in [0.2, 0.25) is 5.04 Å². The number of rotatable bonds is 9. The van der Waals surface area contributed by atoms with Gasteiger partial charge in [-0.15, -0.1) is 0 Å². The molecule has 0 amide bonds. The lowest BCUT2D eigenvalue weighted by Gasteiger charge is -2.45. The van der Waals surface area contributed by atoms with E-state index in [1.54, 1.807) is 12.3 Å². The molecule has 0 N–H and O–H groups in total. The number of ether oxygens (including phenoxy) is 4. The van der Waals surface area contributed by atoms with Gasteiger partial charge in [0.05, 0.1) is 25.0 Å². The highest BCUT2D eigenvalue weighted by molar-refractivity contribution is 6.99. The lowest BCUT2D eigenvalue weighted by molar-refractivity contribution is -0.142. The highest BCUT2D eigenvalue weighted by atomic mass is 28.4. The summed E-state index contributed by atoms with van der Waals surface area (Å²) >= 11 is 0. The zero-order valence-electron chi connectivity index (χ0n) is 25.5. The van der Waals surface area contributed by atoms with Crippen LogP contribution < -0.4 is 15.1 Å². The predicted octanol–water partition coefficient (Wildman–Crippen LogP) is 4.70. The fraction of sp³-hybridized carbons (Fsp3) is 0.343. The standard InChI is InChI=1S/C35H38N2O6Si/c1-24(38)39-21-26-19-20-36-34(37-26)25-15-17-27(18-16-25)42-30-22-40-33-31(23-41-32(30)33)43-44(35(2,3)4,28-11-7-5-8-12-28)29-13-9-6-10-14-29/h5-20,30-33H,21-23H2,1-4H3/t30-,31+,32+,33+/m0/s1. The minimum atomic E-state index is -2.76. The zero-order chi connectivity index (χ0) is 30.7. The van der Waals surface area contributed by atoms with Crippen LogP contribution in [0.15, 0.2) is 97.2 Å². The predicted molar refractivity (Wildman–Crippen MR) is 169 cm³/mol. The van der Waals surface area contributed by atoms with Crippen LogP contribution in [-0.2, 0) is 30.0 Å². The van der Waals surface area contributed by atoms with Gasteiger partial charge in [0.15, 0.2) is 11.9 Å². The van der Waals surface area contributed by atoms with Crippen molar-refractivity contribution in [3.63, 3.8) is 0 Å². The van der Waals surface area contributed by atoms with Crippen molar-refractivity contribution in [2.24, 2.45) is 0 Å². The summed E-state index contributed by atoms with van der Waals surface area (Å²) in [7, 11) is -2.76. The van der Waals surface area contributed by atoms with Crippen molar-refractivity contribution < 1.29 is 28.2 Å². The summed E-state index contributed by atoms with van der Waals surface area (Å²) in [6, 6.07) is 30.6. The molecule has 2 aliphatic rings. The molecular weight excluding hydrogens is 572 g/mol. The fourth-order valence-corrected chi connectivity index (χ4v) is 10.9. The first kappa shape index (κ1) is 30.1. The highest BCUT2D eigenvalue weighted by Crippen LogP contribution is 2.40. The van der Waals surface area contributed by atoms with Gasteiger partial charge in [-0.2, -0.15) is 0 Å². The van der Waals surface area contributed by atoms with E-state index in [0.717, 1.165) is 5.56 Å². The Morgan fingerprint density at radius 1 is 0.841 bits per heavy atom. The first-order valence-electron chi connectivity index (χ1n) is 15.0. The average Bonchev–Trinajstić information content (AvgIpc) is 3.62. The van der Waals surface area contributed by atoms with Gasteiger partial charge in [0.1, 0.15) is 24.6 Å². The second-order valence-corrected chi connectivity index (χ2v) is 16.5. The van der Waals surface area contributed by atoms with Crippen LogP contribution in [0.5, 0.6) is 5.75 Å². The quantitative estimate of drug-likeness (QED) is 0.199. The molecule has 0 aliphatic carbocycles. The van der Waals surface area contributed by atoms with Gasteiger partial charge in [-0.05, 0) is 45.7 Å². The number of carbonyl (C=O) groups excluding carboxylic acids is 1. The van der Waals surface area contributed by atoms with E-state index in [-0.39, 0.29) is 42.0 Å². The molecule has 9 heteroatoms. The molecule has 3 aromatic carbocycles. The van der Waals surface area contributed by atoms with Crippen molar-refractivity contribution in [3.8, 4) is 17.1 Å². The summed E-state index contributed by atoms with van der Waals surface area (Å²) in [5, 5.41) is 2.32. The Bertz CT molecular complexity index is 1520. The van der Waals surface area contributed by atoms with Crippen LogP contribution in [0, 0.1) is 0 Å². The number of nitrogens with zero attached hydrogens (tertiary/aromatic N) is 2. The largest absolute Gasteiger partial charge is 0.485 e. The molecule has 3 heterocycles. The normalized spacial score (nSPS) is 21.5. The van der Waals surface area contributed by atoms with Gasteiger partial charge in [-0.25, -0.2) is 9.97 Å². The van der Waals surface area contributed by atoms with E-state index in [1.165, 1.54) is 17.3 Å². The molecule has 2 aliphatic heterocycles. The Morgan fingerprint density at radius 3 is 2.02 bits per heavy atom. The summed E-state index contributed by atoms with van der Waals surface area (Å²) in [6.45, 7) is 9.17. The monoisotopic (exact) mass is 610 g/mol. The summed E-state index contributed by atoms with van der Waals surface area (Å²) < 4.78 is 31.5. The number of fused-ring (bicyclic) bond motifs is 1. The molecule has 228 valence electrons. The number of hydrogen-bond acceptors (Lipinski definition) is 8. The third kappa shape index (κ3) is 6.05. The van der Waals surface area contributed by atoms with Gasteiger partial charge in [0.25, 0.3) is 8.32 Å². The Balaban J connectivity index is 1.17. The molecule has 4 atom stereocenters. The van der Waals surface area contributed by atoms with E-state index in [2.05, 4.69) is 91.4 Å². The molecule has 4 aromatic rings. The Morgan fingerprint density at radius 2 is 1.43 bits per heavy atom. The summed E-state index contributed by atoms with van der Waals surface area (Å²) in [4.78, 5) is 20.0. The molecule has 8 nitrogen and oxygen atoms in total. The van der Waals surface area contributed by atoms with Gasteiger partial charge < -0.3 is 23.4 Å². The van der Waals surface area contributed by atoms with E-state index in [4.69, 9.17) is 23.4 Å². The number of esters is 1.